The fourth-order valence-electron chi connectivity index (χ4n) is 2.21. The molecule has 2 atom stereocenters. The van der Waals surface area contributed by atoms with Crippen LogP contribution in [-0.4, -0.2) is 30.7 Å². The summed E-state index contributed by atoms with van der Waals surface area (Å²) in [5.41, 5.74) is 0.700. The van der Waals surface area contributed by atoms with E-state index in [1.807, 2.05) is 37.3 Å². The van der Waals surface area contributed by atoms with Crippen LogP contribution in [0.2, 0.25) is 0 Å². The summed E-state index contributed by atoms with van der Waals surface area (Å²) in [6.45, 7) is 5.49. The summed E-state index contributed by atoms with van der Waals surface area (Å²) in [7, 11) is 0. The van der Waals surface area contributed by atoms with E-state index in [9.17, 15) is 4.79 Å². The molecule has 0 bridgehead atoms. The molecule has 19 heavy (non-hydrogen) atoms. The molecule has 1 amide bonds. The van der Waals surface area contributed by atoms with Gasteiger partial charge in [-0.25, -0.2) is 0 Å². The van der Waals surface area contributed by atoms with Crippen molar-refractivity contribution in [3.8, 4) is 0 Å². The SMILES string of the molecule is CC(NCC1(C)CCCO1)C(=O)Nc1ccccc1. The monoisotopic (exact) mass is 262 g/mol. The predicted molar refractivity (Wildman–Crippen MR) is 76.1 cm³/mol. The maximum absolute atomic E-state index is 12.0. The number of carbonyl (C=O) groups is 1. The Balaban J connectivity index is 1.79. The van der Waals surface area contributed by atoms with Crippen molar-refractivity contribution in [2.75, 3.05) is 18.5 Å². The van der Waals surface area contributed by atoms with E-state index in [2.05, 4.69) is 17.6 Å². The molecule has 0 aromatic heterocycles. The van der Waals surface area contributed by atoms with E-state index >= 15 is 0 Å². The molecule has 2 N–H and O–H groups in total. The minimum absolute atomic E-state index is 0.0206. The van der Waals surface area contributed by atoms with Gasteiger partial charge in [0.1, 0.15) is 0 Å². The smallest absolute Gasteiger partial charge is 0.241 e. The molecule has 4 nitrogen and oxygen atoms in total. The largest absolute Gasteiger partial charge is 0.374 e. The lowest BCUT2D eigenvalue weighted by Gasteiger charge is -2.25. The molecule has 0 radical (unpaired) electrons. The van der Waals surface area contributed by atoms with Crippen LogP contribution in [0.4, 0.5) is 5.69 Å². The summed E-state index contributed by atoms with van der Waals surface area (Å²) in [5.74, 6) is -0.0206. The van der Waals surface area contributed by atoms with Crippen molar-refractivity contribution >= 4 is 11.6 Å². The maximum Gasteiger partial charge on any atom is 0.241 e. The number of ether oxygens (including phenoxy) is 1. The van der Waals surface area contributed by atoms with Gasteiger partial charge < -0.3 is 15.4 Å². The summed E-state index contributed by atoms with van der Waals surface area (Å²) >= 11 is 0. The molecule has 1 aromatic carbocycles. The lowest BCUT2D eigenvalue weighted by Crippen LogP contribution is -2.45. The van der Waals surface area contributed by atoms with Crippen LogP contribution in [0.1, 0.15) is 26.7 Å². The number of hydrogen-bond acceptors (Lipinski definition) is 3. The molecule has 1 heterocycles. The average Bonchev–Trinajstić information content (AvgIpc) is 2.84. The molecule has 0 aliphatic carbocycles. The van der Waals surface area contributed by atoms with Crippen molar-refractivity contribution < 1.29 is 9.53 Å². The molecule has 1 aliphatic heterocycles. The molecule has 104 valence electrons. The Morgan fingerprint density at radius 3 is 2.79 bits per heavy atom. The van der Waals surface area contributed by atoms with Gasteiger partial charge in [-0.3, -0.25) is 4.79 Å². The van der Waals surface area contributed by atoms with Gasteiger partial charge in [-0.15, -0.1) is 0 Å². The minimum atomic E-state index is -0.235. The molecule has 2 rings (SSSR count). The van der Waals surface area contributed by atoms with E-state index in [1.54, 1.807) is 0 Å². The van der Waals surface area contributed by atoms with E-state index in [0.717, 1.165) is 25.1 Å². The van der Waals surface area contributed by atoms with Crippen molar-refractivity contribution in [3.63, 3.8) is 0 Å². The fraction of sp³-hybridized carbons (Fsp3) is 0.533. The predicted octanol–water partition coefficient (Wildman–Crippen LogP) is 2.17. The van der Waals surface area contributed by atoms with Gasteiger partial charge in [-0.05, 0) is 38.8 Å². The third kappa shape index (κ3) is 4.04. The molecule has 1 saturated heterocycles. The number of anilines is 1. The normalized spacial score (nSPS) is 24.1. The van der Waals surface area contributed by atoms with Crippen LogP contribution >= 0.6 is 0 Å². The van der Waals surface area contributed by atoms with Gasteiger partial charge in [-0.1, -0.05) is 18.2 Å². The Bertz CT molecular complexity index is 413. The Morgan fingerprint density at radius 2 is 2.16 bits per heavy atom. The number of hydrogen-bond donors (Lipinski definition) is 2. The van der Waals surface area contributed by atoms with Crippen LogP contribution in [-0.2, 0) is 9.53 Å². The summed E-state index contributed by atoms with van der Waals surface area (Å²) in [4.78, 5) is 12.0. The zero-order valence-electron chi connectivity index (χ0n) is 11.6. The minimum Gasteiger partial charge on any atom is -0.374 e. The summed E-state index contributed by atoms with van der Waals surface area (Å²) < 4.78 is 5.69. The Kier molecular flexibility index (Phi) is 4.56. The summed E-state index contributed by atoms with van der Waals surface area (Å²) in [5, 5.41) is 6.14. The first kappa shape index (κ1) is 14.0. The third-order valence-electron chi connectivity index (χ3n) is 3.52. The molecule has 0 saturated carbocycles. The Labute approximate surface area is 114 Å². The van der Waals surface area contributed by atoms with Crippen LogP contribution < -0.4 is 10.6 Å². The highest BCUT2D eigenvalue weighted by Crippen LogP contribution is 2.24. The Morgan fingerprint density at radius 1 is 1.42 bits per heavy atom. The van der Waals surface area contributed by atoms with Gasteiger partial charge in [0.2, 0.25) is 5.91 Å². The molecule has 1 aromatic rings. The van der Waals surface area contributed by atoms with E-state index in [-0.39, 0.29) is 17.6 Å². The highest BCUT2D eigenvalue weighted by molar-refractivity contribution is 5.94. The topological polar surface area (TPSA) is 50.4 Å². The Hall–Kier alpha value is -1.39. The van der Waals surface area contributed by atoms with E-state index in [4.69, 9.17) is 4.74 Å². The van der Waals surface area contributed by atoms with Gasteiger partial charge >= 0.3 is 0 Å². The molecule has 4 heteroatoms. The summed E-state index contributed by atoms with van der Waals surface area (Å²) in [6.07, 6.45) is 2.15. The first-order valence-corrected chi connectivity index (χ1v) is 6.82. The maximum atomic E-state index is 12.0. The second kappa shape index (κ2) is 6.17. The zero-order valence-corrected chi connectivity index (χ0v) is 11.6. The van der Waals surface area contributed by atoms with Crippen LogP contribution in [0.15, 0.2) is 30.3 Å². The molecule has 1 fully saturated rings. The number of nitrogens with one attached hydrogen (secondary N) is 2. The second-order valence-electron chi connectivity index (χ2n) is 5.36. The molecule has 1 aliphatic rings. The lowest BCUT2D eigenvalue weighted by atomic mass is 10.0. The van der Waals surface area contributed by atoms with Crippen molar-refractivity contribution in [2.24, 2.45) is 0 Å². The second-order valence-corrected chi connectivity index (χ2v) is 5.36. The van der Waals surface area contributed by atoms with E-state index < -0.39 is 0 Å². The van der Waals surface area contributed by atoms with Crippen molar-refractivity contribution in [1.29, 1.82) is 0 Å². The van der Waals surface area contributed by atoms with Crippen molar-refractivity contribution in [2.45, 2.75) is 38.3 Å². The van der Waals surface area contributed by atoms with Crippen LogP contribution in [0.3, 0.4) is 0 Å². The van der Waals surface area contributed by atoms with Gasteiger partial charge in [0.25, 0.3) is 0 Å². The van der Waals surface area contributed by atoms with Gasteiger partial charge in [0.05, 0.1) is 11.6 Å². The van der Waals surface area contributed by atoms with Crippen molar-refractivity contribution in [3.05, 3.63) is 30.3 Å². The third-order valence-corrected chi connectivity index (χ3v) is 3.52. The van der Waals surface area contributed by atoms with Gasteiger partial charge in [-0.2, -0.15) is 0 Å². The number of para-hydroxylation sites is 1. The number of amides is 1. The number of benzene rings is 1. The molecule has 0 spiro atoms. The molecular weight excluding hydrogens is 240 g/mol. The highest BCUT2D eigenvalue weighted by atomic mass is 16.5. The lowest BCUT2D eigenvalue weighted by molar-refractivity contribution is -0.118. The number of rotatable bonds is 5. The highest BCUT2D eigenvalue weighted by Gasteiger charge is 2.30. The van der Waals surface area contributed by atoms with Gasteiger partial charge in [0.15, 0.2) is 0 Å². The number of carbonyl (C=O) groups excluding carboxylic acids is 1. The fourth-order valence-corrected chi connectivity index (χ4v) is 2.21. The molecular formula is C15H22N2O2. The van der Waals surface area contributed by atoms with Crippen LogP contribution in [0.5, 0.6) is 0 Å². The van der Waals surface area contributed by atoms with Crippen molar-refractivity contribution in [1.82, 2.24) is 5.32 Å². The first-order chi connectivity index (χ1) is 9.09. The zero-order chi connectivity index (χ0) is 13.7. The van der Waals surface area contributed by atoms with Crippen LogP contribution in [0, 0.1) is 0 Å². The standard InChI is InChI=1S/C15H22N2O2/c1-12(16-11-15(2)9-6-10-19-15)14(18)17-13-7-4-3-5-8-13/h3-5,7-8,12,16H,6,9-11H2,1-2H3,(H,17,18). The van der Waals surface area contributed by atoms with Crippen LogP contribution in [0.25, 0.3) is 0 Å². The van der Waals surface area contributed by atoms with E-state index in [0.29, 0.717) is 6.54 Å². The summed E-state index contributed by atoms with van der Waals surface area (Å²) in [6, 6.07) is 9.26. The molecule has 2 unspecified atom stereocenters. The van der Waals surface area contributed by atoms with E-state index in [1.165, 1.54) is 0 Å². The average molecular weight is 262 g/mol. The van der Waals surface area contributed by atoms with Gasteiger partial charge in [0, 0.05) is 18.8 Å². The first-order valence-electron chi connectivity index (χ1n) is 6.82. The quantitative estimate of drug-likeness (QED) is 0.855.